The van der Waals surface area contributed by atoms with Crippen molar-refractivity contribution >= 4 is 17.3 Å². The highest BCUT2D eigenvalue weighted by atomic mass is 35.5. The average molecular weight is 460 g/mol. The predicted octanol–water partition coefficient (Wildman–Crippen LogP) is 5.83. The summed E-state index contributed by atoms with van der Waals surface area (Å²) in [5, 5.41) is 2.94. The van der Waals surface area contributed by atoms with E-state index in [1.54, 1.807) is 0 Å². The molecule has 0 saturated carbocycles. The molecule has 5 rings (SSSR count). The van der Waals surface area contributed by atoms with Gasteiger partial charge in [-0.2, -0.15) is 0 Å². The molecule has 0 aromatic heterocycles. The van der Waals surface area contributed by atoms with Gasteiger partial charge in [0.05, 0.1) is 11.7 Å². The normalized spacial score (nSPS) is 18.5. The van der Waals surface area contributed by atoms with Crippen molar-refractivity contribution in [2.45, 2.75) is 31.9 Å². The first-order valence-electron chi connectivity index (χ1n) is 11.7. The van der Waals surface area contributed by atoms with Gasteiger partial charge in [-0.05, 0) is 85.5 Å². The third-order valence-corrected chi connectivity index (χ3v) is 6.61. The first-order chi connectivity index (χ1) is 16.2. The molecule has 2 aliphatic heterocycles. The smallest absolute Gasteiger partial charge is 0.119 e. The summed E-state index contributed by atoms with van der Waals surface area (Å²) in [4.78, 5) is 2.56. The van der Waals surface area contributed by atoms with Gasteiger partial charge in [0.2, 0.25) is 0 Å². The van der Waals surface area contributed by atoms with E-state index in [1.165, 1.54) is 42.6 Å². The van der Waals surface area contributed by atoms with Crippen LogP contribution in [0.3, 0.4) is 0 Å². The minimum absolute atomic E-state index is 0.265. The molecule has 0 bridgehead atoms. The van der Waals surface area contributed by atoms with E-state index in [2.05, 4.69) is 57.9 Å². The number of nitrogens with zero attached hydrogens (tertiary/aromatic N) is 2. The number of hydrazine groups is 1. The Morgan fingerprint density at radius 3 is 2.30 bits per heavy atom. The molecule has 3 aromatic carbocycles. The van der Waals surface area contributed by atoms with Crippen molar-refractivity contribution in [1.29, 1.82) is 0 Å². The molecule has 1 unspecified atom stereocenters. The second kappa shape index (κ2) is 10.4. The van der Waals surface area contributed by atoms with Gasteiger partial charge in [0.15, 0.2) is 0 Å². The van der Waals surface area contributed by atoms with Gasteiger partial charge < -0.3 is 4.74 Å². The summed E-state index contributed by atoms with van der Waals surface area (Å²) in [6.45, 7) is 3.97. The predicted molar refractivity (Wildman–Crippen MR) is 136 cm³/mol. The van der Waals surface area contributed by atoms with E-state index in [1.807, 2.05) is 42.5 Å². The summed E-state index contributed by atoms with van der Waals surface area (Å²) >= 11 is 6.09. The van der Waals surface area contributed by atoms with Gasteiger partial charge in [-0.3, -0.25) is 9.91 Å². The van der Waals surface area contributed by atoms with Crippen LogP contribution >= 0.6 is 11.6 Å². The fourth-order valence-electron chi connectivity index (χ4n) is 4.52. The maximum atomic E-state index is 6.09. The number of anilines is 1. The van der Waals surface area contributed by atoms with Gasteiger partial charge in [-0.15, -0.1) is 0 Å². The molecule has 1 fully saturated rings. The molecular weight excluding hydrogens is 430 g/mol. The van der Waals surface area contributed by atoms with Crippen LogP contribution in [0.2, 0.25) is 5.02 Å². The third-order valence-electron chi connectivity index (χ3n) is 6.36. The molecule has 0 aliphatic carbocycles. The summed E-state index contributed by atoms with van der Waals surface area (Å²) in [6, 6.07) is 27.0. The van der Waals surface area contributed by atoms with Gasteiger partial charge in [-0.25, -0.2) is 5.43 Å². The minimum atomic E-state index is 0.265. The Morgan fingerprint density at radius 2 is 1.58 bits per heavy atom. The number of benzene rings is 3. The van der Waals surface area contributed by atoms with Crippen LogP contribution in [-0.4, -0.2) is 30.6 Å². The molecule has 3 aromatic rings. The monoisotopic (exact) mass is 459 g/mol. The van der Waals surface area contributed by atoms with Crippen LogP contribution in [0, 0.1) is 0 Å². The molecule has 170 valence electrons. The van der Waals surface area contributed by atoms with Gasteiger partial charge in [-0.1, -0.05) is 54.1 Å². The molecule has 4 nitrogen and oxygen atoms in total. The molecular formula is C28H30ClN3O. The van der Waals surface area contributed by atoms with Crippen LogP contribution in [-0.2, 0) is 13.0 Å². The van der Waals surface area contributed by atoms with E-state index in [9.17, 15) is 0 Å². The number of likely N-dealkylation sites (tertiary alicyclic amines) is 1. The first-order valence-corrected chi connectivity index (χ1v) is 12.1. The molecule has 2 aliphatic rings. The lowest BCUT2D eigenvalue weighted by atomic mass is 10.0. The molecule has 5 heteroatoms. The van der Waals surface area contributed by atoms with E-state index in [-0.39, 0.29) is 6.04 Å². The maximum absolute atomic E-state index is 6.09. The molecule has 2 heterocycles. The lowest BCUT2D eigenvalue weighted by molar-refractivity contribution is 0.306. The molecule has 33 heavy (non-hydrogen) atoms. The van der Waals surface area contributed by atoms with Crippen LogP contribution in [0.4, 0.5) is 5.69 Å². The number of nitrogens with one attached hydrogen (secondary N) is 1. The molecule has 1 N–H and O–H groups in total. The second-order valence-electron chi connectivity index (χ2n) is 8.84. The SMILES string of the molecule is Clc1ccc(CC2NN(c3ccc(OCc4ccccc4)cc3)C=C2CN2CCCC2)cc1. The minimum Gasteiger partial charge on any atom is -0.489 e. The van der Waals surface area contributed by atoms with Crippen LogP contribution in [0.25, 0.3) is 0 Å². The van der Waals surface area contributed by atoms with E-state index in [4.69, 9.17) is 16.3 Å². The van der Waals surface area contributed by atoms with Gasteiger partial charge in [0.1, 0.15) is 12.4 Å². The van der Waals surface area contributed by atoms with Gasteiger partial charge in [0.25, 0.3) is 0 Å². The number of hydrogen-bond acceptors (Lipinski definition) is 4. The summed E-state index contributed by atoms with van der Waals surface area (Å²) < 4.78 is 5.96. The van der Waals surface area contributed by atoms with E-state index >= 15 is 0 Å². The summed E-state index contributed by atoms with van der Waals surface area (Å²) in [5.74, 6) is 0.876. The molecule has 0 radical (unpaired) electrons. The number of halogens is 1. The fourth-order valence-corrected chi connectivity index (χ4v) is 4.65. The number of rotatable bonds is 8. The summed E-state index contributed by atoms with van der Waals surface area (Å²) in [7, 11) is 0. The second-order valence-corrected chi connectivity index (χ2v) is 9.27. The highest BCUT2D eigenvalue weighted by Crippen LogP contribution is 2.27. The van der Waals surface area contributed by atoms with Crippen LogP contribution in [0.15, 0.2) is 90.6 Å². The Bertz CT molecular complexity index is 1060. The maximum Gasteiger partial charge on any atom is 0.119 e. The Morgan fingerprint density at radius 1 is 0.848 bits per heavy atom. The summed E-state index contributed by atoms with van der Waals surface area (Å²) in [5.41, 5.74) is 8.71. The lowest BCUT2D eigenvalue weighted by Gasteiger charge is -2.22. The van der Waals surface area contributed by atoms with Crippen LogP contribution < -0.4 is 15.2 Å². The molecule has 1 saturated heterocycles. The standard InChI is InChI=1S/C28H30ClN3O/c29-25-10-8-22(9-11-25)18-28-24(19-31-16-4-5-17-31)20-32(30-28)26-12-14-27(15-13-26)33-21-23-6-2-1-3-7-23/h1-3,6-15,20,28,30H,4-5,16-19,21H2. The van der Waals surface area contributed by atoms with Crippen molar-refractivity contribution in [3.63, 3.8) is 0 Å². The average Bonchev–Trinajstić information content (AvgIpc) is 3.51. The van der Waals surface area contributed by atoms with Crippen molar-refractivity contribution in [3.05, 3.63) is 107 Å². The number of hydrogen-bond donors (Lipinski definition) is 1. The van der Waals surface area contributed by atoms with E-state index < -0.39 is 0 Å². The first kappa shape index (κ1) is 22.0. The van der Waals surface area contributed by atoms with E-state index in [0.717, 1.165) is 29.4 Å². The van der Waals surface area contributed by atoms with Crippen LogP contribution in [0.5, 0.6) is 5.75 Å². The van der Waals surface area contributed by atoms with Crippen molar-refractivity contribution in [2.24, 2.45) is 0 Å². The van der Waals surface area contributed by atoms with Crippen LogP contribution in [0.1, 0.15) is 24.0 Å². The largest absolute Gasteiger partial charge is 0.489 e. The van der Waals surface area contributed by atoms with Crippen molar-refractivity contribution in [3.8, 4) is 5.75 Å². The zero-order valence-corrected chi connectivity index (χ0v) is 19.5. The lowest BCUT2D eigenvalue weighted by Crippen LogP contribution is -2.39. The summed E-state index contributed by atoms with van der Waals surface area (Å²) in [6.07, 6.45) is 5.82. The van der Waals surface area contributed by atoms with Gasteiger partial charge >= 0.3 is 0 Å². The Hall–Kier alpha value is -2.79. The highest BCUT2D eigenvalue weighted by Gasteiger charge is 2.27. The third kappa shape index (κ3) is 5.77. The Kier molecular flexibility index (Phi) is 6.96. The van der Waals surface area contributed by atoms with Crippen molar-refractivity contribution in [2.75, 3.05) is 24.6 Å². The zero-order chi connectivity index (χ0) is 22.5. The Labute approximate surface area is 201 Å². The van der Waals surface area contributed by atoms with E-state index in [0.29, 0.717) is 6.61 Å². The fraction of sp³-hybridized carbons (Fsp3) is 0.286. The van der Waals surface area contributed by atoms with Crippen molar-refractivity contribution < 1.29 is 4.74 Å². The topological polar surface area (TPSA) is 27.7 Å². The molecule has 0 amide bonds. The molecule has 1 atom stereocenters. The quantitative estimate of drug-likeness (QED) is 0.458. The Balaban J connectivity index is 1.27. The highest BCUT2D eigenvalue weighted by molar-refractivity contribution is 6.30. The molecule has 0 spiro atoms. The zero-order valence-electron chi connectivity index (χ0n) is 18.8. The van der Waals surface area contributed by atoms with Gasteiger partial charge in [0, 0.05) is 17.8 Å². The number of ether oxygens (including phenoxy) is 1. The van der Waals surface area contributed by atoms with Crippen molar-refractivity contribution in [1.82, 2.24) is 10.3 Å².